The fourth-order valence-electron chi connectivity index (χ4n) is 11.5. The van der Waals surface area contributed by atoms with Gasteiger partial charge in [0.05, 0.1) is 6.04 Å². The molecule has 0 saturated heterocycles. The Morgan fingerprint density at radius 1 is 0.410 bits per heavy atom. The largest absolute Gasteiger partial charge is 0.480 e. The number of hydrogen-bond donors (Lipinski definition) is 20. The molecule has 0 spiro atoms. The van der Waals surface area contributed by atoms with Crippen molar-refractivity contribution in [3.63, 3.8) is 0 Å². The van der Waals surface area contributed by atoms with Crippen LogP contribution in [-0.4, -0.2) is 172 Å². The van der Waals surface area contributed by atoms with Gasteiger partial charge in [-0.3, -0.25) is 53.3 Å². The van der Waals surface area contributed by atoms with Gasteiger partial charge >= 0.3 is 5.97 Å². The maximum absolute atomic E-state index is 15.2. The van der Waals surface area contributed by atoms with Crippen LogP contribution in [0.15, 0.2) is 106 Å². The molecule has 9 atom stereocenters. The van der Waals surface area contributed by atoms with Crippen LogP contribution in [0, 0.1) is 11.8 Å². The Bertz CT molecular complexity index is 3830. The highest BCUT2D eigenvalue weighted by Gasteiger charge is 2.37. The van der Waals surface area contributed by atoms with Crippen molar-refractivity contribution in [1.29, 1.82) is 0 Å². The molecule has 3 aromatic heterocycles. The number of H-pyrrole nitrogens is 3. The van der Waals surface area contributed by atoms with Crippen LogP contribution in [0.1, 0.15) is 109 Å². The van der Waals surface area contributed by atoms with Crippen LogP contribution in [0.5, 0.6) is 0 Å². The van der Waals surface area contributed by atoms with Gasteiger partial charge in [-0.25, -0.2) is 4.79 Å². The minimum atomic E-state index is -1.49. The van der Waals surface area contributed by atoms with Crippen LogP contribution >= 0.6 is 0 Å². The third kappa shape index (κ3) is 24.3. The van der Waals surface area contributed by atoms with Gasteiger partial charge in [-0.2, -0.15) is 0 Å². The van der Waals surface area contributed by atoms with Crippen molar-refractivity contribution in [2.75, 3.05) is 26.2 Å². The van der Waals surface area contributed by atoms with E-state index in [9.17, 15) is 38.7 Å². The van der Waals surface area contributed by atoms with Crippen molar-refractivity contribution in [2.24, 2.45) is 72.7 Å². The van der Waals surface area contributed by atoms with Gasteiger partial charge in [-0.1, -0.05) is 88.7 Å². The van der Waals surface area contributed by atoms with Gasteiger partial charge in [0.25, 0.3) is 0 Å². The predicted molar refractivity (Wildman–Crippen MR) is 384 cm³/mol. The average Bonchev–Trinajstić information content (AvgIpc) is 1.64. The summed E-state index contributed by atoms with van der Waals surface area (Å²) in [6, 6.07) is 9.79. The number of aliphatic carboxylic acids is 1. The second-order valence-corrected chi connectivity index (χ2v) is 25.6. The van der Waals surface area contributed by atoms with E-state index < -0.39 is 114 Å². The first-order valence-corrected chi connectivity index (χ1v) is 33.7. The quantitative estimate of drug-likeness (QED) is 0.0130. The summed E-state index contributed by atoms with van der Waals surface area (Å²) in [5.74, 6) is -9.19. The number of carboxylic acid groups (broad SMARTS) is 1. The number of carboxylic acids is 1. The molecule has 32 heteroatoms. The highest BCUT2D eigenvalue weighted by molar-refractivity contribution is 5.99. The molecule has 542 valence electrons. The van der Waals surface area contributed by atoms with Crippen LogP contribution < -0.4 is 88.4 Å². The highest BCUT2D eigenvalue weighted by Crippen LogP contribution is 2.23. The third-order valence-electron chi connectivity index (χ3n) is 16.8. The number of aliphatic imine (C=N–C) groups is 3. The number of para-hydroxylation sites is 3. The van der Waals surface area contributed by atoms with E-state index in [0.29, 0.717) is 47.0 Å². The molecule has 0 bridgehead atoms. The van der Waals surface area contributed by atoms with Crippen LogP contribution in [0.3, 0.4) is 0 Å². The van der Waals surface area contributed by atoms with E-state index >= 15 is 9.59 Å². The van der Waals surface area contributed by atoms with Crippen molar-refractivity contribution < 1.29 is 48.3 Å². The Labute approximate surface area is 579 Å². The fourth-order valence-corrected chi connectivity index (χ4v) is 11.5. The van der Waals surface area contributed by atoms with Crippen LogP contribution in [-0.2, 0) is 62.4 Å². The molecule has 0 saturated carbocycles. The van der Waals surface area contributed by atoms with E-state index in [1.165, 1.54) is 0 Å². The topological polar surface area (TPSA) is 563 Å². The summed E-state index contributed by atoms with van der Waals surface area (Å²) in [4.78, 5) is 152. The van der Waals surface area contributed by atoms with E-state index in [4.69, 9.17) is 45.9 Å². The fraction of sp³-hybridized carbons (Fsp3) is 0.471. The molecule has 32 nitrogen and oxygen atoms in total. The lowest BCUT2D eigenvalue weighted by atomic mass is 9.99. The van der Waals surface area contributed by atoms with Gasteiger partial charge in [0, 0.05) is 90.2 Å². The van der Waals surface area contributed by atoms with E-state index in [2.05, 4.69) is 72.5 Å². The standard InChI is InChI=1S/C68H100N22O10/c1-37(2)30-55(65(99)100)89-62(96)53(32-40-35-81-47-21-9-6-17-43(40)47)87-60(94)51(25-15-29-79-68(75)76)85-64(98)56(38(3)4)90-63(97)54(33-41-36-82-48-22-10-7-18-44(41)48)88-59(93)50(24-14-28-78-67(73)74)83-58(92)49(23-13-27-77-66(71)72)84-61(95)52(86-57(91)45(70)19-11-12-26-69)31-39-34-80-46-20-8-5-16-42(39)46/h5-10,16-18,20-22,34-38,45,49-56,80-82H,11-15,19,23-33,69-70H2,1-4H3,(H,83,92)(H,84,95)(H,85,98)(H,86,91)(H,87,94)(H,88,93)(H,89,96)(H,90,97)(H,99,100)(H4,71,72,77)(H4,73,74,78)(H4,75,76,79)/t45-,49-,50-,51-,52-,53-,54-,55-,56-/m0/s1. The van der Waals surface area contributed by atoms with Crippen LogP contribution in [0.25, 0.3) is 32.7 Å². The maximum atomic E-state index is 15.2. The number of guanidine groups is 3. The van der Waals surface area contributed by atoms with Gasteiger partial charge in [0.1, 0.15) is 48.3 Å². The van der Waals surface area contributed by atoms with E-state index in [1.54, 1.807) is 58.4 Å². The molecule has 0 aliphatic carbocycles. The van der Waals surface area contributed by atoms with Gasteiger partial charge in [-0.05, 0) is 111 Å². The molecule has 0 unspecified atom stereocenters. The van der Waals surface area contributed by atoms with Crippen molar-refractivity contribution in [1.82, 2.24) is 57.5 Å². The highest BCUT2D eigenvalue weighted by atomic mass is 16.4. The zero-order valence-corrected chi connectivity index (χ0v) is 57.1. The number of nitrogens with one attached hydrogen (secondary N) is 11. The van der Waals surface area contributed by atoms with E-state index in [0.717, 1.165) is 21.8 Å². The minimum Gasteiger partial charge on any atom is -0.480 e. The van der Waals surface area contributed by atoms with Crippen LogP contribution in [0.2, 0.25) is 0 Å². The maximum Gasteiger partial charge on any atom is 0.326 e. The van der Waals surface area contributed by atoms with Gasteiger partial charge in [-0.15, -0.1) is 0 Å². The summed E-state index contributed by atoms with van der Waals surface area (Å²) in [6.45, 7) is 7.36. The summed E-state index contributed by atoms with van der Waals surface area (Å²) in [7, 11) is 0. The number of benzene rings is 3. The zero-order chi connectivity index (χ0) is 73.0. The Morgan fingerprint density at radius 3 is 1.07 bits per heavy atom. The molecule has 0 radical (unpaired) electrons. The number of nitrogens with two attached hydrogens (primary N) is 8. The molecule has 3 aromatic carbocycles. The molecule has 0 aliphatic heterocycles. The zero-order valence-electron chi connectivity index (χ0n) is 57.1. The minimum absolute atomic E-state index is 0.00338. The SMILES string of the molecule is CC(C)C[C@H](NC(=O)[C@H](Cc1c[nH]c2ccccc12)NC(=O)[C@H](CCCN=C(N)N)NC(=O)[C@@H](NC(=O)[C@H](Cc1c[nH]c2ccccc12)NC(=O)[C@H](CCCN=C(N)N)NC(=O)[C@H](CCCN=C(N)N)NC(=O)[C@H](Cc1c[nH]c2ccccc12)NC(=O)[C@@H](N)CCCCN)C(C)C)C(=O)O. The average molecular weight is 1390 g/mol. The Kier molecular flexibility index (Phi) is 30.5. The number of nitrogens with zero attached hydrogens (tertiary/aromatic N) is 3. The summed E-state index contributed by atoms with van der Waals surface area (Å²) < 4.78 is 0. The first kappa shape index (κ1) is 78.2. The number of carbonyl (C=O) groups is 9. The predicted octanol–water partition coefficient (Wildman–Crippen LogP) is -0.559. The molecule has 100 heavy (non-hydrogen) atoms. The van der Waals surface area contributed by atoms with E-state index in [1.807, 2.05) is 60.7 Å². The van der Waals surface area contributed by atoms with Gasteiger partial charge < -0.3 is 108 Å². The lowest BCUT2D eigenvalue weighted by Crippen LogP contribution is -2.61. The lowest BCUT2D eigenvalue weighted by molar-refractivity contribution is -0.142. The number of hydrogen-bond acceptors (Lipinski definition) is 14. The van der Waals surface area contributed by atoms with Crippen molar-refractivity contribution >= 4 is 104 Å². The van der Waals surface area contributed by atoms with Crippen molar-refractivity contribution in [2.45, 2.75) is 166 Å². The normalized spacial score (nSPS) is 14.0. The Hall–Kier alpha value is -10.8. The Balaban J connectivity index is 1.31. The molecule has 6 aromatic rings. The summed E-state index contributed by atoms with van der Waals surface area (Å²) in [5.41, 5.74) is 50.1. The lowest BCUT2D eigenvalue weighted by Gasteiger charge is -2.29. The van der Waals surface area contributed by atoms with Crippen molar-refractivity contribution in [3.05, 3.63) is 108 Å². The number of aromatic nitrogens is 3. The number of carbonyl (C=O) groups excluding carboxylic acids is 8. The molecule has 8 amide bonds. The van der Waals surface area contributed by atoms with Gasteiger partial charge in [0.15, 0.2) is 17.9 Å². The number of aromatic amines is 3. The smallest absolute Gasteiger partial charge is 0.326 e. The second kappa shape index (κ2) is 39.0. The molecule has 3 heterocycles. The molecular formula is C68H100N22O10. The van der Waals surface area contributed by atoms with Crippen LogP contribution in [0.4, 0.5) is 0 Å². The number of unbranched alkanes of at least 4 members (excludes halogenated alkanes) is 1. The first-order chi connectivity index (χ1) is 47.7. The second-order valence-electron chi connectivity index (χ2n) is 25.6. The molecule has 6 rings (SSSR count). The number of rotatable bonds is 42. The third-order valence-corrected chi connectivity index (χ3v) is 16.8. The summed E-state index contributed by atoms with van der Waals surface area (Å²) in [5, 5.41) is 34.5. The molecule has 0 aliphatic rings. The molecule has 28 N–H and O–H groups in total. The number of fused-ring (bicyclic) bond motifs is 3. The monoisotopic (exact) mass is 1380 g/mol. The molecule has 0 fully saturated rings. The Morgan fingerprint density at radius 2 is 0.730 bits per heavy atom. The summed E-state index contributed by atoms with van der Waals surface area (Å²) in [6.07, 6.45) is 6.37. The van der Waals surface area contributed by atoms with E-state index in [-0.39, 0.29) is 114 Å². The molecular weight excluding hydrogens is 1280 g/mol. The number of amides is 8. The van der Waals surface area contributed by atoms with Crippen molar-refractivity contribution in [3.8, 4) is 0 Å². The van der Waals surface area contributed by atoms with Gasteiger partial charge in [0.2, 0.25) is 47.3 Å². The first-order valence-electron chi connectivity index (χ1n) is 33.7. The summed E-state index contributed by atoms with van der Waals surface area (Å²) >= 11 is 0.